The number of amides is 1. The SMILES string of the molecule is COC1(C)CCCN(C(=O)c2cc(N)cc(Cl)c2Cl)C1. The first-order valence-electron chi connectivity index (χ1n) is 6.45. The van der Waals surface area contributed by atoms with Gasteiger partial charge in [0.15, 0.2) is 0 Å². The Morgan fingerprint density at radius 3 is 2.80 bits per heavy atom. The predicted octanol–water partition coefficient (Wildman–Crippen LogP) is 3.22. The molecule has 1 fully saturated rings. The fourth-order valence-electron chi connectivity index (χ4n) is 2.48. The highest BCUT2D eigenvalue weighted by molar-refractivity contribution is 6.44. The van der Waals surface area contributed by atoms with Crippen LogP contribution in [0.1, 0.15) is 30.1 Å². The van der Waals surface area contributed by atoms with Crippen molar-refractivity contribution < 1.29 is 9.53 Å². The van der Waals surface area contributed by atoms with E-state index < -0.39 is 0 Å². The van der Waals surface area contributed by atoms with Crippen molar-refractivity contribution in [2.75, 3.05) is 25.9 Å². The molecule has 1 unspecified atom stereocenters. The summed E-state index contributed by atoms with van der Waals surface area (Å²) in [6.45, 7) is 3.21. The lowest BCUT2D eigenvalue weighted by atomic mass is 9.94. The molecule has 4 nitrogen and oxygen atoms in total. The maximum Gasteiger partial charge on any atom is 0.255 e. The molecule has 0 aromatic heterocycles. The number of rotatable bonds is 2. The Kier molecular flexibility index (Phi) is 4.47. The average molecular weight is 317 g/mol. The monoisotopic (exact) mass is 316 g/mol. The molecule has 1 aliphatic rings. The third kappa shape index (κ3) is 3.03. The molecule has 2 rings (SSSR count). The zero-order chi connectivity index (χ0) is 14.9. The maximum atomic E-state index is 12.6. The maximum absolute atomic E-state index is 12.6. The summed E-state index contributed by atoms with van der Waals surface area (Å²) >= 11 is 12.1. The van der Waals surface area contributed by atoms with Gasteiger partial charge in [-0.25, -0.2) is 0 Å². The molecule has 0 spiro atoms. The molecule has 1 amide bonds. The number of methoxy groups -OCH3 is 1. The largest absolute Gasteiger partial charge is 0.399 e. The molecule has 1 heterocycles. The summed E-state index contributed by atoms with van der Waals surface area (Å²) in [4.78, 5) is 14.3. The summed E-state index contributed by atoms with van der Waals surface area (Å²) in [7, 11) is 1.67. The summed E-state index contributed by atoms with van der Waals surface area (Å²) in [6, 6.07) is 3.10. The third-order valence-electron chi connectivity index (χ3n) is 3.72. The van der Waals surface area contributed by atoms with E-state index in [0.717, 1.165) is 12.8 Å². The highest BCUT2D eigenvalue weighted by atomic mass is 35.5. The van der Waals surface area contributed by atoms with Crippen LogP contribution in [-0.4, -0.2) is 36.6 Å². The third-order valence-corrected chi connectivity index (χ3v) is 4.52. The van der Waals surface area contributed by atoms with Gasteiger partial charge >= 0.3 is 0 Å². The summed E-state index contributed by atoms with van der Waals surface area (Å²) in [5.41, 5.74) is 6.19. The van der Waals surface area contributed by atoms with Crippen molar-refractivity contribution >= 4 is 34.8 Å². The molecule has 1 aliphatic heterocycles. The molecular weight excluding hydrogens is 299 g/mol. The van der Waals surface area contributed by atoms with Crippen molar-refractivity contribution in [3.63, 3.8) is 0 Å². The first-order valence-corrected chi connectivity index (χ1v) is 7.21. The van der Waals surface area contributed by atoms with E-state index in [1.807, 2.05) is 6.92 Å². The predicted molar refractivity (Wildman–Crippen MR) is 81.4 cm³/mol. The standard InChI is InChI=1S/C14H18Cl2N2O2/c1-14(20-2)4-3-5-18(8-14)13(19)10-6-9(17)7-11(15)12(10)16/h6-7H,3-5,8,17H2,1-2H3. The fraction of sp³-hybridized carbons (Fsp3) is 0.500. The van der Waals surface area contributed by atoms with Gasteiger partial charge in [-0.2, -0.15) is 0 Å². The highest BCUT2D eigenvalue weighted by Crippen LogP contribution is 2.31. The molecule has 0 aliphatic carbocycles. The summed E-state index contributed by atoms with van der Waals surface area (Å²) in [6.07, 6.45) is 1.82. The fourth-order valence-corrected chi connectivity index (χ4v) is 2.90. The molecule has 0 saturated carbocycles. The first-order chi connectivity index (χ1) is 9.36. The Bertz CT molecular complexity index is 536. The molecule has 1 aromatic carbocycles. The number of carbonyl (C=O) groups is 1. The number of carbonyl (C=O) groups excluding carboxylic acids is 1. The summed E-state index contributed by atoms with van der Waals surface area (Å²) in [5, 5.41) is 0.539. The Labute approximate surface area is 128 Å². The van der Waals surface area contributed by atoms with Crippen LogP contribution in [0.4, 0.5) is 5.69 Å². The summed E-state index contributed by atoms with van der Waals surface area (Å²) < 4.78 is 5.49. The van der Waals surface area contributed by atoms with Crippen molar-refractivity contribution in [1.82, 2.24) is 4.90 Å². The molecular formula is C14H18Cl2N2O2. The topological polar surface area (TPSA) is 55.6 Å². The van der Waals surface area contributed by atoms with Crippen LogP contribution < -0.4 is 5.73 Å². The normalized spacial score (nSPS) is 22.9. The van der Waals surface area contributed by atoms with Crippen molar-refractivity contribution in [3.8, 4) is 0 Å². The molecule has 1 atom stereocenters. The van der Waals surface area contributed by atoms with E-state index in [0.29, 0.717) is 29.4 Å². The lowest BCUT2D eigenvalue weighted by Gasteiger charge is -2.39. The minimum absolute atomic E-state index is 0.160. The molecule has 1 saturated heterocycles. The quantitative estimate of drug-likeness (QED) is 0.852. The van der Waals surface area contributed by atoms with Crippen LogP contribution >= 0.6 is 23.2 Å². The molecule has 110 valence electrons. The first kappa shape index (κ1) is 15.4. The second kappa shape index (κ2) is 5.80. The lowest BCUT2D eigenvalue weighted by molar-refractivity contribution is -0.0440. The van der Waals surface area contributed by atoms with Gasteiger partial charge in [-0.05, 0) is 31.9 Å². The second-order valence-corrected chi connectivity index (χ2v) is 6.13. The van der Waals surface area contributed by atoms with Crippen molar-refractivity contribution in [2.24, 2.45) is 0 Å². The highest BCUT2D eigenvalue weighted by Gasteiger charge is 2.34. The number of hydrogen-bond acceptors (Lipinski definition) is 3. The molecule has 0 radical (unpaired) electrons. The number of hydrogen-bond donors (Lipinski definition) is 1. The van der Waals surface area contributed by atoms with Gasteiger partial charge in [0, 0.05) is 25.9 Å². The van der Waals surface area contributed by atoms with Gasteiger partial charge in [0.05, 0.1) is 21.2 Å². The smallest absolute Gasteiger partial charge is 0.255 e. The van der Waals surface area contributed by atoms with Gasteiger partial charge in [-0.1, -0.05) is 23.2 Å². The van der Waals surface area contributed by atoms with E-state index >= 15 is 0 Å². The van der Waals surface area contributed by atoms with E-state index in [9.17, 15) is 4.79 Å². The van der Waals surface area contributed by atoms with Gasteiger partial charge in [-0.15, -0.1) is 0 Å². The lowest BCUT2D eigenvalue weighted by Crippen LogP contribution is -2.49. The van der Waals surface area contributed by atoms with Crippen LogP contribution in [0, 0.1) is 0 Å². The van der Waals surface area contributed by atoms with Crippen molar-refractivity contribution in [2.45, 2.75) is 25.4 Å². The van der Waals surface area contributed by atoms with Crippen LogP contribution in [0.25, 0.3) is 0 Å². The van der Waals surface area contributed by atoms with E-state index in [-0.39, 0.29) is 16.5 Å². The van der Waals surface area contributed by atoms with Gasteiger partial charge in [-0.3, -0.25) is 4.79 Å². The number of benzene rings is 1. The Morgan fingerprint density at radius 1 is 1.45 bits per heavy atom. The Hall–Kier alpha value is -0.970. The number of likely N-dealkylation sites (tertiary alicyclic amines) is 1. The number of nitrogen functional groups attached to an aromatic ring is 1. The van der Waals surface area contributed by atoms with E-state index in [1.165, 1.54) is 6.07 Å². The van der Waals surface area contributed by atoms with E-state index in [1.54, 1.807) is 18.1 Å². The summed E-state index contributed by atoms with van der Waals surface area (Å²) in [5.74, 6) is -0.160. The molecule has 0 bridgehead atoms. The number of ether oxygens (including phenoxy) is 1. The van der Waals surface area contributed by atoms with Crippen LogP contribution in [0.5, 0.6) is 0 Å². The van der Waals surface area contributed by atoms with E-state index in [2.05, 4.69) is 0 Å². The van der Waals surface area contributed by atoms with Gasteiger partial charge in [0.2, 0.25) is 0 Å². The Balaban J connectivity index is 2.28. The number of halogens is 2. The zero-order valence-corrected chi connectivity index (χ0v) is 13.1. The average Bonchev–Trinajstić information content (AvgIpc) is 2.42. The van der Waals surface area contributed by atoms with Gasteiger partial charge < -0.3 is 15.4 Å². The minimum Gasteiger partial charge on any atom is -0.399 e. The zero-order valence-electron chi connectivity index (χ0n) is 11.6. The van der Waals surface area contributed by atoms with Crippen LogP contribution in [0.15, 0.2) is 12.1 Å². The number of nitrogens with two attached hydrogens (primary N) is 1. The number of piperidine rings is 1. The minimum atomic E-state index is -0.315. The molecule has 1 aromatic rings. The number of anilines is 1. The molecule has 20 heavy (non-hydrogen) atoms. The second-order valence-electron chi connectivity index (χ2n) is 5.35. The van der Waals surface area contributed by atoms with Crippen molar-refractivity contribution in [3.05, 3.63) is 27.7 Å². The number of nitrogens with zero attached hydrogens (tertiary/aromatic N) is 1. The van der Waals surface area contributed by atoms with Gasteiger partial charge in [0.1, 0.15) is 0 Å². The Morgan fingerprint density at radius 2 is 2.15 bits per heavy atom. The van der Waals surface area contributed by atoms with E-state index in [4.69, 9.17) is 33.7 Å². The molecule has 6 heteroatoms. The van der Waals surface area contributed by atoms with Crippen LogP contribution in [-0.2, 0) is 4.74 Å². The molecule has 2 N–H and O–H groups in total. The van der Waals surface area contributed by atoms with Crippen LogP contribution in [0.3, 0.4) is 0 Å². The van der Waals surface area contributed by atoms with Crippen molar-refractivity contribution in [1.29, 1.82) is 0 Å². The van der Waals surface area contributed by atoms with Crippen LogP contribution in [0.2, 0.25) is 10.0 Å². The van der Waals surface area contributed by atoms with Gasteiger partial charge in [0.25, 0.3) is 5.91 Å².